The molecule has 0 saturated heterocycles. The van der Waals surface area contributed by atoms with Gasteiger partial charge in [-0.05, 0) is 61.2 Å². The summed E-state index contributed by atoms with van der Waals surface area (Å²) in [5, 5.41) is 0. The molecule has 0 heteroatoms. The van der Waals surface area contributed by atoms with Gasteiger partial charge in [0.25, 0.3) is 0 Å². The van der Waals surface area contributed by atoms with E-state index in [9.17, 15) is 0 Å². The second-order valence-corrected chi connectivity index (χ2v) is 8.20. The summed E-state index contributed by atoms with van der Waals surface area (Å²) in [5.74, 6) is 3.99. The third-order valence-electron chi connectivity index (χ3n) is 6.74. The Morgan fingerprint density at radius 1 is 1.00 bits per heavy atom. The van der Waals surface area contributed by atoms with Crippen molar-refractivity contribution < 1.29 is 0 Å². The van der Waals surface area contributed by atoms with E-state index in [0.29, 0.717) is 5.41 Å². The van der Waals surface area contributed by atoms with E-state index in [4.69, 9.17) is 0 Å². The van der Waals surface area contributed by atoms with Crippen LogP contribution in [0.5, 0.6) is 0 Å². The molecule has 0 aromatic rings. The molecule has 2 bridgehead atoms. The van der Waals surface area contributed by atoms with Gasteiger partial charge in [-0.2, -0.15) is 0 Å². The van der Waals surface area contributed by atoms with Gasteiger partial charge in [-0.1, -0.05) is 59.8 Å². The summed E-state index contributed by atoms with van der Waals surface area (Å²) in [5.41, 5.74) is 0.671. The van der Waals surface area contributed by atoms with Gasteiger partial charge in [0.1, 0.15) is 0 Å². The molecule has 5 unspecified atom stereocenters. The quantitative estimate of drug-likeness (QED) is 0.538. The van der Waals surface area contributed by atoms with Gasteiger partial charge < -0.3 is 0 Å². The molecule has 0 aromatic carbocycles. The Labute approximate surface area is 121 Å². The van der Waals surface area contributed by atoms with Crippen molar-refractivity contribution in [1.82, 2.24) is 0 Å². The van der Waals surface area contributed by atoms with Crippen molar-refractivity contribution in [1.29, 1.82) is 0 Å². The second-order valence-electron chi connectivity index (χ2n) is 8.20. The van der Waals surface area contributed by atoms with Crippen molar-refractivity contribution in [3.63, 3.8) is 0 Å². The minimum Gasteiger partial charge on any atom is -0.0654 e. The van der Waals surface area contributed by atoms with Crippen molar-refractivity contribution >= 4 is 0 Å². The zero-order valence-electron chi connectivity index (χ0n) is 13.9. The molecule has 0 spiro atoms. The molecule has 112 valence electrons. The molecule has 5 atom stereocenters. The van der Waals surface area contributed by atoms with Gasteiger partial charge in [-0.25, -0.2) is 0 Å². The number of rotatable bonds is 2. The molecule has 0 amide bonds. The fourth-order valence-electron chi connectivity index (χ4n) is 5.01. The van der Waals surface area contributed by atoms with E-state index >= 15 is 0 Å². The van der Waals surface area contributed by atoms with E-state index in [-0.39, 0.29) is 0 Å². The van der Waals surface area contributed by atoms with Gasteiger partial charge in [0.15, 0.2) is 0 Å². The SMILES string of the molecule is CCCC1CCCCC2(C)CCC(CC1C)CC2C. The Morgan fingerprint density at radius 3 is 2.47 bits per heavy atom. The first kappa shape index (κ1) is 15.4. The highest BCUT2D eigenvalue weighted by Crippen LogP contribution is 2.49. The maximum atomic E-state index is 2.58. The van der Waals surface area contributed by atoms with Crippen LogP contribution in [0.4, 0.5) is 0 Å². The van der Waals surface area contributed by atoms with Crippen LogP contribution in [0.2, 0.25) is 0 Å². The Bertz CT molecular complexity index is 269. The lowest BCUT2D eigenvalue weighted by Crippen LogP contribution is -2.33. The average molecular weight is 264 g/mol. The molecule has 0 N–H and O–H groups in total. The van der Waals surface area contributed by atoms with Gasteiger partial charge in [-0.3, -0.25) is 0 Å². The summed E-state index contributed by atoms with van der Waals surface area (Å²) >= 11 is 0. The first-order valence-electron chi connectivity index (χ1n) is 9.05. The van der Waals surface area contributed by atoms with Gasteiger partial charge in [0.2, 0.25) is 0 Å². The molecule has 0 radical (unpaired) electrons. The predicted octanol–water partition coefficient (Wildman–Crippen LogP) is 6.45. The number of hydrogen-bond acceptors (Lipinski definition) is 0. The van der Waals surface area contributed by atoms with Crippen LogP contribution in [-0.2, 0) is 0 Å². The largest absolute Gasteiger partial charge is 0.0654 e. The van der Waals surface area contributed by atoms with Crippen molar-refractivity contribution in [2.24, 2.45) is 29.1 Å². The van der Waals surface area contributed by atoms with Crippen LogP contribution >= 0.6 is 0 Å². The van der Waals surface area contributed by atoms with E-state index in [1.807, 2.05) is 0 Å². The highest BCUT2D eigenvalue weighted by Gasteiger charge is 2.38. The summed E-state index contributed by atoms with van der Waals surface area (Å²) in [4.78, 5) is 0. The Kier molecular flexibility index (Phi) is 5.37. The van der Waals surface area contributed by atoms with Crippen LogP contribution in [0, 0.1) is 29.1 Å². The third-order valence-corrected chi connectivity index (χ3v) is 6.74. The maximum Gasteiger partial charge on any atom is -0.0300 e. The highest BCUT2D eigenvalue weighted by atomic mass is 14.4. The molecule has 0 nitrogen and oxygen atoms in total. The van der Waals surface area contributed by atoms with Gasteiger partial charge >= 0.3 is 0 Å². The van der Waals surface area contributed by atoms with Crippen molar-refractivity contribution in [2.45, 2.75) is 91.9 Å². The molecule has 0 aromatic heterocycles. The van der Waals surface area contributed by atoms with Crippen LogP contribution in [0.15, 0.2) is 0 Å². The van der Waals surface area contributed by atoms with E-state index in [1.165, 1.54) is 64.2 Å². The predicted molar refractivity (Wildman–Crippen MR) is 85.3 cm³/mol. The molecule has 0 aliphatic heterocycles. The summed E-state index contributed by atoms with van der Waals surface area (Å²) in [7, 11) is 0. The molecule has 3 saturated carbocycles. The van der Waals surface area contributed by atoms with E-state index in [1.54, 1.807) is 0 Å². The monoisotopic (exact) mass is 264 g/mol. The number of fused-ring (bicyclic) bond motifs is 8. The minimum atomic E-state index is 0.671. The normalized spacial score (nSPS) is 44.8. The molecule has 3 rings (SSSR count). The molecular weight excluding hydrogens is 228 g/mol. The second kappa shape index (κ2) is 6.64. The third kappa shape index (κ3) is 3.76. The average Bonchev–Trinajstić information content (AvgIpc) is 2.40. The lowest BCUT2D eigenvalue weighted by Gasteiger charge is -2.43. The van der Waals surface area contributed by atoms with Crippen LogP contribution in [0.1, 0.15) is 91.9 Å². The first-order chi connectivity index (χ1) is 9.05. The van der Waals surface area contributed by atoms with Crippen LogP contribution in [0.25, 0.3) is 0 Å². The van der Waals surface area contributed by atoms with Crippen LogP contribution < -0.4 is 0 Å². The molecule has 19 heavy (non-hydrogen) atoms. The molecule has 3 aliphatic rings. The topological polar surface area (TPSA) is 0 Å². The molecule has 3 fully saturated rings. The minimum absolute atomic E-state index is 0.671. The lowest BCUT2D eigenvalue weighted by molar-refractivity contribution is 0.0724. The standard InChI is InChI=1S/C19H36/c1-5-8-18-9-6-7-11-19(4)12-10-17(13-15(18)2)14-16(19)3/h15-18H,5-14H2,1-4H3. The Hall–Kier alpha value is 0. The fraction of sp³-hybridized carbons (Fsp3) is 1.00. The van der Waals surface area contributed by atoms with E-state index < -0.39 is 0 Å². The van der Waals surface area contributed by atoms with Crippen molar-refractivity contribution in [2.75, 3.05) is 0 Å². The highest BCUT2D eigenvalue weighted by molar-refractivity contribution is 4.89. The van der Waals surface area contributed by atoms with Gasteiger partial charge in [0, 0.05) is 0 Å². The zero-order chi connectivity index (χ0) is 13.9. The van der Waals surface area contributed by atoms with E-state index in [2.05, 4.69) is 27.7 Å². The molecule has 0 heterocycles. The maximum absolute atomic E-state index is 2.58. The summed E-state index contributed by atoms with van der Waals surface area (Å²) in [6.45, 7) is 10.0. The lowest BCUT2D eigenvalue weighted by atomic mass is 9.62. The molecule has 3 aliphatic carbocycles. The van der Waals surface area contributed by atoms with E-state index in [0.717, 1.165) is 23.7 Å². The smallest absolute Gasteiger partial charge is 0.0300 e. The van der Waals surface area contributed by atoms with Gasteiger partial charge in [-0.15, -0.1) is 0 Å². The fourth-order valence-corrected chi connectivity index (χ4v) is 5.01. The van der Waals surface area contributed by atoms with Crippen LogP contribution in [0.3, 0.4) is 0 Å². The summed E-state index contributed by atoms with van der Waals surface area (Å²) in [6, 6.07) is 0. The van der Waals surface area contributed by atoms with Crippen molar-refractivity contribution in [3.8, 4) is 0 Å². The zero-order valence-corrected chi connectivity index (χ0v) is 13.9. The number of hydrogen-bond donors (Lipinski definition) is 0. The molecular formula is C19H36. The Balaban J connectivity index is 2.05. The van der Waals surface area contributed by atoms with Crippen LogP contribution in [-0.4, -0.2) is 0 Å². The summed E-state index contributed by atoms with van der Waals surface area (Å²) < 4.78 is 0. The summed E-state index contributed by atoms with van der Waals surface area (Å²) in [6.07, 6.45) is 14.9. The van der Waals surface area contributed by atoms with Gasteiger partial charge in [0.05, 0.1) is 0 Å². The first-order valence-corrected chi connectivity index (χ1v) is 9.05. The Morgan fingerprint density at radius 2 is 1.79 bits per heavy atom. The van der Waals surface area contributed by atoms with Crippen molar-refractivity contribution in [3.05, 3.63) is 0 Å².